The van der Waals surface area contributed by atoms with Crippen LogP contribution < -0.4 is 15.0 Å². The van der Waals surface area contributed by atoms with E-state index < -0.39 is 0 Å². The highest BCUT2D eigenvalue weighted by Gasteiger charge is 2.19. The first-order chi connectivity index (χ1) is 13.7. The van der Waals surface area contributed by atoms with Crippen molar-refractivity contribution in [3.63, 3.8) is 0 Å². The van der Waals surface area contributed by atoms with E-state index in [0.29, 0.717) is 6.61 Å². The molecular weight excluding hydrogens is 354 g/mol. The number of amides is 1. The minimum Gasteiger partial charge on any atom is -0.493 e. The summed E-state index contributed by atoms with van der Waals surface area (Å²) in [7, 11) is 0. The maximum Gasteiger partial charge on any atom is 0.221 e. The largest absolute Gasteiger partial charge is 0.493 e. The van der Waals surface area contributed by atoms with Gasteiger partial charge in [-0.25, -0.2) is 0 Å². The summed E-state index contributed by atoms with van der Waals surface area (Å²) in [6.07, 6.45) is 0.947. The van der Waals surface area contributed by atoms with E-state index in [0.717, 1.165) is 61.8 Å². The lowest BCUT2D eigenvalue weighted by molar-refractivity contribution is -0.114. The molecular formula is C22H29N3O3. The normalized spacial score (nSPS) is 14.7. The predicted molar refractivity (Wildman–Crippen MR) is 112 cm³/mol. The zero-order valence-electron chi connectivity index (χ0n) is 16.4. The van der Waals surface area contributed by atoms with Crippen molar-refractivity contribution >= 4 is 17.3 Å². The van der Waals surface area contributed by atoms with Gasteiger partial charge in [0.1, 0.15) is 5.75 Å². The summed E-state index contributed by atoms with van der Waals surface area (Å²) < 4.78 is 5.82. The number of carbonyl (C=O) groups excluding carboxylic acids is 1. The van der Waals surface area contributed by atoms with Gasteiger partial charge in [-0.2, -0.15) is 0 Å². The third-order valence-electron chi connectivity index (χ3n) is 4.95. The molecule has 6 nitrogen and oxygen atoms in total. The first-order valence-corrected chi connectivity index (χ1v) is 9.83. The number of benzene rings is 2. The van der Waals surface area contributed by atoms with E-state index in [-0.39, 0.29) is 12.5 Å². The van der Waals surface area contributed by atoms with Crippen molar-refractivity contribution in [1.29, 1.82) is 0 Å². The summed E-state index contributed by atoms with van der Waals surface area (Å²) >= 11 is 0. The number of piperazine rings is 1. The summed E-state index contributed by atoms with van der Waals surface area (Å²) in [5.41, 5.74) is 2.79. The molecule has 2 N–H and O–H groups in total. The molecule has 150 valence electrons. The highest BCUT2D eigenvalue weighted by Crippen LogP contribution is 2.26. The second-order valence-electron chi connectivity index (χ2n) is 6.99. The number of rotatable bonds is 8. The van der Waals surface area contributed by atoms with E-state index in [1.54, 1.807) is 0 Å². The van der Waals surface area contributed by atoms with Gasteiger partial charge >= 0.3 is 0 Å². The van der Waals surface area contributed by atoms with E-state index in [9.17, 15) is 9.90 Å². The Morgan fingerprint density at radius 2 is 1.79 bits per heavy atom. The molecule has 1 saturated heterocycles. The fourth-order valence-electron chi connectivity index (χ4n) is 3.50. The Bertz CT molecular complexity index is 773. The molecule has 3 rings (SSSR count). The topological polar surface area (TPSA) is 65.0 Å². The van der Waals surface area contributed by atoms with Crippen LogP contribution in [-0.2, 0) is 11.4 Å². The van der Waals surface area contributed by atoms with E-state index in [4.69, 9.17) is 4.74 Å². The number of aliphatic hydroxyl groups excluding tert-OH is 1. The molecule has 0 saturated carbocycles. The van der Waals surface area contributed by atoms with Crippen molar-refractivity contribution in [1.82, 2.24) is 4.90 Å². The van der Waals surface area contributed by atoms with E-state index in [1.165, 1.54) is 6.92 Å². The minimum atomic E-state index is -0.0474. The minimum absolute atomic E-state index is 0.00189. The summed E-state index contributed by atoms with van der Waals surface area (Å²) in [6.45, 7) is 7.01. The Hall–Kier alpha value is -2.57. The van der Waals surface area contributed by atoms with Gasteiger partial charge in [0.2, 0.25) is 5.91 Å². The monoisotopic (exact) mass is 383 g/mol. The molecule has 1 fully saturated rings. The maximum atomic E-state index is 11.4. The second kappa shape index (κ2) is 10.1. The third kappa shape index (κ3) is 5.47. The summed E-state index contributed by atoms with van der Waals surface area (Å²) in [5, 5.41) is 12.3. The van der Waals surface area contributed by atoms with Crippen LogP contribution in [0.3, 0.4) is 0 Å². The zero-order valence-corrected chi connectivity index (χ0v) is 16.4. The lowest BCUT2D eigenvalue weighted by atomic mass is 10.2. The Morgan fingerprint density at radius 1 is 1.07 bits per heavy atom. The van der Waals surface area contributed by atoms with Crippen LogP contribution in [0.15, 0.2) is 48.5 Å². The van der Waals surface area contributed by atoms with Gasteiger partial charge < -0.3 is 20.1 Å². The fourth-order valence-corrected chi connectivity index (χ4v) is 3.50. The molecule has 6 heteroatoms. The van der Waals surface area contributed by atoms with Gasteiger partial charge in [-0.15, -0.1) is 0 Å². The molecule has 0 atom stereocenters. The smallest absolute Gasteiger partial charge is 0.221 e. The first-order valence-electron chi connectivity index (χ1n) is 9.83. The molecule has 1 heterocycles. The van der Waals surface area contributed by atoms with Crippen molar-refractivity contribution in [3.05, 3.63) is 54.1 Å². The number of ether oxygens (including phenoxy) is 1. The number of carbonyl (C=O) groups is 1. The van der Waals surface area contributed by atoms with E-state index in [2.05, 4.69) is 21.2 Å². The van der Waals surface area contributed by atoms with Crippen molar-refractivity contribution < 1.29 is 14.6 Å². The predicted octanol–water partition coefficient (Wildman–Crippen LogP) is 2.73. The van der Waals surface area contributed by atoms with Crippen molar-refractivity contribution in [2.24, 2.45) is 0 Å². The molecule has 0 aromatic heterocycles. The molecule has 1 aliphatic heterocycles. The molecule has 1 aliphatic rings. The number of nitrogens with one attached hydrogen (secondary N) is 1. The molecule has 0 spiro atoms. The molecule has 1 amide bonds. The van der Waals surface area contributed by atoms with Crippen LogP contribution >= 0.6 is 0 Å². The molecule has 28 heavy (non-hydrogen) atoms. The highest BCUT2D eigenvalue weighted by atomic mass is 16.5. The second-order valence-corrected chi connectivity index (χ2v) is 6.99. The van der Waals surface area contributed by atoms with Crippen molar-refractivity contribution in [2.75, 3.05) is 49.5 Å². The van der Waals surface area contributed by atoms with Gasteiger partial charge in [-0.3, -0.25) is 9.69 Å². The van der Waals surface area contributed by atoms with Crippen LogP contribution in [0.1, 0.15) is 18.9 Å². The van der Waals surface area contributed by atoms with Gasteiger partial charge in [0.25, 0.3) is 0 Å². The number of anilines is 2. The van der Waals surface area contributed by atoms with Crippen LogP contribution in [0.25, 0.3) is 0 Å². The lowest BCUT2D eigenvalue weighted by Gasteiger charge is -2.37. The van der Waals surface area contributed by atoms with Crippen LogP contribution in [0.5, 0.6) is 5.75 Å². The number of hydrogen-bond acceptors (Lipinski definition) is 5. The summed E-state index contributed by atoms with van der Waals surface area (Å²) in [5.74, 6) is 0.721. The van der Waals surface area contributed by atoms with Gasteiger partial charge in [0.05, 0.1) is 24.6 Å². The molecule has 0 bridgehead atoms. The maximum absolute atomic E-state index is 11.4. The van der Waals surface area contributed by atoms with Crippen LogP contribution in [0.4, 0.5) is 11.4 Å². The third-order valence-corrected chi connectivity index (χ3v) is 4.95. The lowest BCUT2D eigenvalue weighted by Crippen LogP contribution is -2.47. The Morgan fingerprint density at radius 3 is 2.54 bits per heavy atom. The van der Waals surface area contributed by atoms with Crippen LogP contribution in [-0.4, -0.2) is 55.2 Å². The van der Waals surface area contributed by atoms with Gasteiger partial charge in [0, 0.05) is 45.2 Å². The van der Waals surface area contributed by atoms with Gasteiger partial charge in [-0.1, -0.05) is 30.3 Å². The first kappa shape index (κ1) is 20.2. The number of para-hydroxylation sites is 3. The molecule has 0 aliphatic carbocycles. The molecule has 2 aromatic rings. The standard InChI is InChI=1S/C22H29N3O3/c1-18(27)23-20-8-3-4-9-21(20)25-14-12-24(13-15-25)11-6-16-28-22-10-5-2-7-19(22)17-26/h2-5,7-10,26H,6,11-17H2,1H3,(H,23,27). The van der Waals surface area contributed by atoms with E-state index in [1.807, 2.05) is 42.5 Å². The zero-order chi connectivity index (χ0) is 19.8. The fraction of sp³-hybridized carbons (Fsp3) is 0.409. The highest BCUT2D eigenvalue weighted by molar-refractivity contribution is 5.92. The molecule has 0 unspecified atom stereocenters. The Kier molecular flexibility index (Phi) is 7.28. The average molecular weight is 383 g/mol. The van der Waals surface area contributed by atoms with Crippen molar-refractivity contribution in [2.45, 2.75) is 20.0 Å². The quantitative estimate of drug-likeness (QED) is 0.686. The van der Waals surface area contributed by atoms with Crippen LogP contribution in [0, 0.1) is 0 Å². The van der Waals surface area contributed by atoms with Gasteiger partial charge in [-0.05, 0) is 24.6 Å². The summed E-state index contributed by atoms with van der Waals surface area (Å²) in [4.78, 5) is 16.2. The number of nitrogens with zero attached hydrogens (tertiary/aromatic N) is 2. The Balaban J connectivity index is 1.43. The van der Waals surface area contributed by atoms with Crippen LogP contribution in [0.2, 0.25) is 0 Å². The average Bonchev–Trinajstić information content (AvgIpc) is 2.72. The molecule has 0 radical (unpaired) electrons. The Labute approximate surface area is 166 Å². The number of aliphatic hydroxyl groups is 1. The summed E-state index contributed by atoms with van der Waals surface area (Å²) in [6, 6.07) is 15.6. The number of hydrogen-bond donors (Lipinski definition) is 2. The van der Waals surface area contributed by atoms with E-state index >= 15 is 0 Å². The SMILES string of the molecule is CC(=O)Nc1ccccc1N1CCN(CCCOc2ccccc2CO)CC1. The van der Waals surface area contributed by atoms with Crippen molar-refractivity contribution in [3.8, 4) is 5.75 Å². The van der Waals surface area contributed by atoms with Gasteiger partial charge in [0.15, 0.2) is 0 Å². The molecule has 2 aromatic carbocycles.